The molecule has 1 spiro atoms. The molecule has 1 unspecified atom stereocenters. The summed E-state index contributed by atoms with van der Waals surface area (Å²) in [6.07, 6.45) is 0. The quantitative estimate of drug-likeness (QED) is 0.168. The molecule has 1 heteroatoms. The van der Waals surface area contributed by atoms with Gasteiger partial charge in [-0.05, 0) is 113 Å². The van der Waals surface area contributed by atoms with Gasteiger partial charge in [0.15, 0.2) is 0 Å². The van der Waals surface area contributed by atoms with Gasteiger partial charge >= 0.3 is 0 Å². The summed E-state index contributed by atoms with van der Waals surface area (Å²) in [5.74, 6) is 0. The first-order valence-corrected chi connectivity index (χ1v) is 22.2. The van der Waals surface area contributed by atoms with Gasteiger partial charge in [0.25, 0.3) is 0 Å². The first-order valence-electron chi connectivity index (χ1n) is 22.2. The van der Waals surface area contributed by atoms with E-state index >= 15 is 0 Å². The molecule has 1 atom stereocenters. The number of benzene rings is 10. The van der Waals surface area contributed by atoms with Crippen LogP contribution in [0.4, 0.5) is 17.1 Å². The summed E-state index contributed by atoms with van der Waals surface area (Å²) in [6, 6.07) is 84.0. The molecular weight excluding hydrogens is 759 g/mol. The van der Waals surface area contributed by atoms with Crippen molar-refractivity contribution < 1.29 is 0 Å². The van der Waals surface area contributed by atoms with Crippen LogP contribution in [-0.2, 0) is 10.8 Å². The molecule has 1 nitrogen and oxygen atoms in total. The Morgan fingerprint density at radius 1 is 0.317 bits per heavy atom. The lowest BCUT2D eigenvalue weighted by Gasteiger charge is -2.33. The van der Waals surface area contributed by atoms with Crippen molar-refractivity contribution in [2.24, 2.45) is 0 Å². The second kappa shape index (κ2) is 13.4. The van der Waals surface area contributed by atoms with E-state index in [0.29, 0.717) is 0 Å². The van der Waals surface area contributed by atoms with Gasteiger partial charge in [0, 0.05) is 22.2 Å². The highest BCUT2D eigenvalue weighted by molar-refractivity contribution is 6.07. The third-order valence-corrected chi connectivity index (χ3v) is 14.5. The van der Waals surface area contributed by atoms with Crippen molar-refractivity contribution in [3.63, 3.8) is 0 Å². The minimum Gasteiger partial charge on any atom is -0.309 e. The molecule has 10 aromatic carbocycles. The summed E-state index contributed by atoms with van der Waals surface area (Å²) >= 11 is 0. The van der Waals surface area contributed by atoms with Crippen LogP contribution in [0, 0.1) is 0 Å². The van der Waals surface area contributed by atoms with Crippen LogP contribution >= 0.6 is 0 Å². The Morgan fingerprint density at radius 2 is 0.841 bits per heavy atom. The fourth-order valence-corrected chi connectivity index (χ4v) is 11.9. The van der Waals surface area contributed by atoms with E-state index in [-0.39, 0.29) is 5.41 Å². The molecular formula is C62H43N. The molecule has 0 aromatic heterocycles. The minimum atomic E-state index is -0.454. The minimum absolute atomic E-state index is 0.154. The van der Waals surface area contributed by atoms with Crippen LogP contribution in [0.2, 0.25) is 0 Å². The average Bonchev–Trinajstić information content (AvgIpc) is 3.91. The molecule has 0 amide bonds. The molecule has 0 heterocycles. The van der Waals surface area contributed by atoms with Gasteiger partial charge in [-0.3, -0.25) is 0 Å². The Labute approximate surface area is 369 Å². The van der Waals surface area contributed by atoms with Gasteiger partial charge in [-0.1, -0.05) is 214 Å². The lowest BCUT2D eigenvalue weighted by Crippen LogP contribution is -2.25. The number of fused-ring (bicyclic) bond motifs is 15. The first-order chi connectivity index (χ1) is 31.0. The second-order valence-electron chi connectivity index (χ2n) is 17.9. The van der Waals surface area contributed by atoms with E-state index in [0.717, 1.165) is 11.4 Å². The maximum atomic E-state index is 2.57. The van der Waals surface area contributed by atoms with E-state index in [2.05, 4.69) is 243 Å². The third kappa shape index (κ3) is 4.88. The number of hydrogen-bond donors (Lipinski definition) is 0. The molecule has 3 aliphatic rings. The summed E-state index contributed by atoms with van der Waals surface area (Å²) in [4.78, 5) is 2.57. The lowest BCUT2D eigenvalue weighted by molar-refractivity contribution is 0.660. The molecule has 0 aliphatic heterocycles. The SMILES string of the molecule is CC1(C)c2ccccc2-c2c(N(c3ccc4c(c3)-c3ccccc3C43c4ccccc4-c4c3ccc3ccccc43)c3cccc(-c4ccccc4)c3-c3ccccc3)cccc21. The standard InChI is InChI=1S/C62H43N/c1-61(2)50-29-14-12-26-47(50)60-54(61)32-18-34-57(60)63(56-33-17-28-44(40-19-5-3-6-20-40)58(56)42-22-7-4-8-23-42)43-36-38-53-49(39-43)46-25-11-15-30-51(46)62(53)52-31-16-13-27-48(52)59-45-24-10-9-21-41(45)35-37-55(59)62/h3-39H,1-2H3. The molecule has 13 rings (SSSR count). The zero-order chi connectivity index (χ0) is 41.9. The highest BCUT2D eigenvalue weighted by Crippen LogP contribution is 2.65. The second-order valence-corrected chi connectivity index (χ2v) is 17.9. The van der Waals surface area contributed by atoms with Crippen LogP contribution in [-0.4, -0.2) is 0 Å². The van der Waals surface area contributed by atoms with Crippen molar-refractivity contribution in [1.82, 2.24) is 0 Å². The number of anilines is 3. The highest BCUT2D eigenvalue weighted by atomic mass is 15.1. The summed E-state index contributed by atoms with van der Waals surface area (Å²) in [5, 5.41) is 2.58. The average molecular weight is 802 g/mol. The Balaban J connectivity index is 1.13. The third-order valence-electron chi connectivity index (χ3n) is 14.5. The highest BCUT2D eigenvalue weighted by Gasteiger charge is 2.52. The van der Waals surface area contributed by atoms with Gasteiger partial charge in [0.2, 0.25) is 0 Å². The molecule has 10 aromatic rings. The normalized spacial score (nSPS) is 15.7. The Bertz CT molecular complexity index is 3490. The van der Waals surface area contributed by atoms with Crippen molar-refractivity contribution in [2.75, 3.05) is 4.90 Å². The van der Waals surface area contributed by atoms with Crippen molar-refractivity contribution >= 4 is 27.8 Å². The zero-order valence-electron chi connectivity index (χ0n) is 35.3. The summed E-state index contributed by atoms with van der Waals surface area (Å²) in [7, 11) is 0. The van der Waals surface area contributed by atoms with Crippen LogP contribution in [0.15, 0.2) is 224 Å². The van der Waals surface area contributed by atoms with Gasteiger partial charge in [0.05, 0.1) is 16.8 Å². The Morgan fingerprint density at radius 3 is 1.60 bits per heavy atom. The first kappa shape index (κ1) is 36.0. The molecule has 0 saturated carbocycles. The van der Waals surface area contributed by atoms with E-state index in [4.69, 9.17) is 0 Å². The van der Waals surface area contributed by atoms with Crippen LogP contribution in [0.1, 0.15) is 47.2 Å². The van der Waals surface area contributed by atoms with Gasteiger partial charge in [-0.15, -0.1) is 0 Å². The van der Waals surface area contributed by atoms with Crippen LogP contribution < -0.4 is 4.90 Å². The maximum absolute atomic E-state index is 2.57. The number of hydrogen-bond acceptors (Lipinski definition) is 1. The van der Waals surface area contributed by atoms with Crippen LogP contribution in [0.5, 0.6) is 0 Å². The lowest BCUT2D eigenvalue weighted by atomic mass is 9.70. The van der Waals surface area contributed by atoms with Crippen molar-refractivity contribution in [2.45, 2.75) is 24.7 Å². The predicted octanol–water partition coefficient (Wildman–Crippen LogP) is 16.3. The van der Waals surface area contributed by atoms with Gasteiger partial charge in [-0.2, -0.15) is 0 Å². The maximum Gasteiger partial charge on any atom is 0.0725 e. The molecule has 296 valence electrons. The van der Waals surface area contributed by atoms with Crippen molar-refractivity contribution in [1.29, 1.82) is 0 Å². The summed E-state index contributed by atoms with van der Waals surface area (Å²) in [6.45, 7) is 4.76. The summed E-state index contributed by atoms with van der Waals surface area (Å²) < 4.78 is 0. The molecule has 0 bridgehead atoms. The van der Waals surface area contributed by atoms with E-state index < -0.39 is 5.41 Å². The zero-order valence-corrected chi connectivity index (χ0v) is 35.3. The van der Waals surface area contributed by atoms with Gasteiger partial charge < -0.3 is 4.90 Å². The van der Waals surface area contributed by atoms with E-state index in [1.54, 1.807) is 0 Å². The van der Waals surface area contributed by atoms with Crippen LogP contribution in [0.3, 0.4) is 0 Å². The smallest absolute Gasteiger partial charge is 0.0725 e. The fraction of sp³-hybridized carbons (Fsp3) is 0.0645. The predicted molar refractivity (Wildman–Crippen MR) is 263 cm³/mol. The molecule has 0 N–H and O–H groups in total. The van der Waals surface area contributed by atoms with E-state index in [1.165, 1.54) is 105 Å². The largest absolute Gasteiger partial charge is 0.309 e. The van der Waals surface area contributed by atoms with E-state index in [9.17, 15) is 0 Å². The monoisotopic (exact) mass is 801 g/mol. The Hall–Kier alpha value is -7.74. The topological polar surface area (TPSA) is 3.24 Å². The Kier molecular flexibility index (Phi) is 7.64. The molecule has 0 saturated heterocycles. The van der Waals surface area contributed by atoms with Gasteiger partial charge in [0.1, 0.15) is 0 Å². The van der Waals surface area contributed by atoms with Gasteiger partial charge in [-0.25, -0.2) is 0 Å². The molecule has 63 heavy (non-hydrogen) atoms. The molecule has 0 fully saturated rings. The number of rotatable bonds is 5. The van der Waals surface area contributed by atoms with Crippen molar-refractivity contribution in [3.8, 4) is 55.6 Å². The van der Waals surface area contributed by atoms with Crippen molar-refractivity contribution in [3.05, 3.63) is 258 Å². The van der Waals surface area contributed by atoms with Crippen LogP contribution in [0.25, 0.3) is 66.4 Å². The molecule has 3 aliphatic carbocycles. The van der Waals surface area contributed by atoms with E-state index in [1.807, 2.05) is 0 Å². The molecule has 0 radical (unpaired) electrons. The fourth-order valence-electron chi connectivity index (χ4n) is 11.9. The number of nitrogens with zero attached hydrogens (tertiary/aromatic N) is 1. The summed E-state index contributed by atoms with van der Waals surface area (Å²) in [5.41, 5.74) is 23.6.